The van der Waals surface area contributed by atoms with Crippen LogP contribution in [0.2, 0.25) is 0 Å². The Morgan fingerprint density at radius 1 is 1.17 bits per heavy atom. The minimum atomic E-state index is -0.412. The van der Waals surface area contributed by atoms with Crippen molar-refractivity contribution in [2.75, 3.05) is 21.3 Å². The maximum absolute atomic E-state index is 11.5. The molecule has 1 aromatic rings. The fourth-order valence-electron chi connectivity index (χ4n) is 1.84. The predicted molar refractivity (Wildman–Crippen MR) is 87.1 cm³/mol. The minimum absolute atomic E-state index is 0.274. The van der Waals surface area contributed by atoms with Gasteiger partial charge >= 0.3 is 5.97 Å². The van der Waals surface area contributed by atoms with E-state index in [1.165, 1.54) is 20.4 Å². The molecule has 0 atom stereocenters. The molecule has 0 saturated heterocycles. The van der Waals surface area contributed by atoms with Crippen molar-refractivity contribution in [3.05, 3.63) is 17.7 Å². The van der Waals surface area contributed by atoms with Crippen LogP contribution in [-0.4, -0.2) is 33.5 Å². The Morgan fingerprint density at radius 2 is 1.83 bits per heavy atom. The van der Waals surface area contributed by atoms with E-state index in [0.29, 0.717) is 35.7 Å². The van der Waals surface area contributed by atoms with Crippen LogP contribution in [0.15, 0.2) is 17.3 Å². The fourth-order valence-corrected chi connectivity index (χ4v) is 1.84. The molecule has 6 nitrogen and oxygen atoms in total. The molecule has 0 amide bonds. The van der Waals surface area contributed by atoms with Gasteiger partial charge in [-0.3, -0.25) is 0 Å². The summed E-state index contributed by atoms with van der Waals surface area (Å²) in [6.45, 7) is 0. The summed E-state index contributed by atoms with van der Waals surface area (Å²) in [5.74, 6) is 3.68. The average molecular weight is 319 g/mol. The number of benzene rings is 1. The highest BCUT2D eigenvalue weighted by Crippen LogP contribution is 2.32. The number of terminal acetylenes is 1. The van der Waals surface area contributed by atoms with Crippen molar-refractivity contribution in [3.63, 3.8) is 0 Å². The van der Waals surface area contributed by atoms with Crippen LogP contribution in [0.4, 0.5) is 0 Å². The highest BCUT2D eigenvalue weighted by molar-refractivity contribution is 5.88. The van der Waals surface area contributed by atoms with E-state index < -0.39 is 5.97 Å². The average Bonchev–Trinajstić information content (AvgIpc) is 2.58. The van der Waals surface area contributed by atoms with Crippen molar-refractivity contribution in [1.82, 2.24) is 0 Å². The number of hydrogen-bond donors (Lipinski definition) is 0. The van der Waals surface area contributed by atoms with Gasteiger partial charge in [-0.05, 0) is 12.8 Å². The molecule has 1 rings (SSSR count). The van der Waals surface area contributed by atoms with E-state index in [0.717, 1.165) is 6.42 Å². The molecule has 0 radical (unpaired) electrons. The molecular formula is C17H21NO5. The maximum atomic E-state index is 11.5. The zero-order valence-electron chi connectivity index (χ0n) is 13.6. The molecule has 0 aliphatic heterocycles. The van der Waals surface area contributed by atoms with Crippen molar-refractivity contribution in [3.8, 4) is 29.6 Å². The summed E-state index contributed by atoms with van der Waals surface area (Å²) >= 11 is 0. The molecule has 23 heavy (non-hydrogen) atoms. The minimum Gasteiger partial charge on any atom is -0.496 e. The van der Waals surface area contributed by atoms with Gasteiger partial charge in [0.15, 0.2) is 0 Å². The van der Waals surface area contributed by atoms with Gasteiger partial charge in [-0.2, -0.15) is 0 Å². The fraction of sp³-hybridized carbons (Fsp3) is 0.412. The SMILES string of the molecule is C#CCCCCC(=O)O/N=C\c1c(OC)cc(OC)cc1OC. The van der Waals surface area contributed by atoms with Gasteiger partial charge < -0.3 is 19.0 Å². The van der Waals surface area contributed by atoms with Gasteiger partial charge in [0.05, 0.1) is 33.1 Å². The second-order valence-corrected chi connectivity index (χ2v) is 4.55. The number of oxime groups is 1. The van der Waals surface area contributed by atoms with Crippen LogP contribution >= 0.6 is 0 Å². The Kier molecular flexibility index (Phi) is 8.08. The molecule has 1 aromatic carbocycles. The number of rotatable bonds is 9. The van der Waals surface area contributed by atoms with E-state index in [9.17, 15) is 4.79 Å². The van der Waals surface area contributed by atoms with Gasteiger partial charge in [-0.15, -0.1) is 12.3 Å². The number of unbranched alkanes of at least 4 members (excludes halogenated alkanes) is 2. The van der Waals surface area contributed by atoms with Crippen LogP contribution < -0.4 is 14.2 Å². The molecule has 0 unspecified atom stereocenters. The standard InChI is InChI=1S/C17H21NO5/c1-5-6-7-8-9-17(19)23-18-12-14-15(21-3)10-13(20-2)11-16(14)22-4/h1,10-12H,6-9H2,2-4H3/b18-12-. The summed E-state index contributed by atoms with van der Waals surface area (Å²) in [6.07, 6.45) is 8.90. The zero-order chi connectivity index (χ0) is 17.1. The van der Waals surface area contributed by atoms with Gasteiger partial charge in [-0.1, -0.05) is 5.16 Å². The Labute approximate surface area is 136 Å². The van der Waals surface area contributed by atoms with E-state index in [4.69, 9.17) is 25.5 Å². The normalized spacial score (nSPS) is 10.2. The molecule has 0 N–H and O–H groups in total. The summed E-state index contributed by atoms with van der Waals surface area (Å²) in [5, 5.41) is 3.70. The van der Waals surface area contributed by atoms with E-state index in [-0.39, 0.29) is 6.42 Å². The number of hydrogen-bond acceptors (Lipinski definition) is 6. The van der Waals surface area contributed by atoms with Gasteiger partial charge in [0, 0.05) is 25.0 Å². The quantitative estimate of drug-likeness (QED) is 0.230. The Hall–Kier alpha value is -2.68. The first-order chi connectivity index (χ1) is 11.2. The van der Waals surface area contributed by atoms with Crippen molar-refractivity contribution in [2.45, 2.75) is 25.7 Å². The Balaban J connectivity index is 2.72. The van der Waals surface area contributed by atoms with E-state index in [1.54, 1.807) is 19.2 Å². The lowest BCUT2D eigenvalue weighted by Crippen LogP contribution is -2.01. The lowest BCUT2D eigenvalue weighted by atomic mass is 10.2. The number of carbonyl (C=O) groups excluding carboxylic acids is 1. The summed E-state index contributed by atoms with van der Waals surface area (Å²) in [6, 6.07) is 3.37. The van der Waals surface area contributed by atoms with E-state index >= 15 is 0 Å². The monoisotopic (exact) mass is 319 g/mol. The smallest absolute Gasteiger partial charge is 0.335 e. The summed E-state index contributed by atoms with van der Waals surface area (Å²) in [4.78, 5) is 16.4. The van der Waals surface area contributed by atoms with Gasteiger partial charge in [0.2, 0.25) is 0 Å². The van der Waals surface area contributed by atoms with Crippen LogP contribution in [0, 0.1) is 12.3 Å². The molecule has 0 spiro atoms. The molecule has 0 aromatic heterocycles. The largest absolute Gasteiger partial charge is 0.496 e. The number of nitrogens with zero attached hydrogens (tertiary/aromatic N) is 1. The second kappa shape index (κ2) is 10.1. The highest BCUT2D eigenvalue weighted by atomic mass is 16.7. The lowest BCUT2D eigenvalue weighted by molar-refractivity contribution is -0.143. The lowest BCUT2D eigenvalue weighted by Gasteiger charge is -2.11. The summed E-state index contributed by atoms with van der Waals surface area (Å²) < 4.78 is 15.7. The number of ether oxygens (including phenoxy) is 3. The highest BCUT2D eigenvalue weighted by Gasteiger charge is 2.12. The van der Waals surface area contributed by atoms with Gasteiger partial charge in [-0.25, -0.2) is 4.79 Å². The van der Waals surface area contributed by atoms with Crippen LogP contribution in [-0.2, 0) is 9.63 Å². The molecule has 0 fully saturated rings. The van der Waals surface area contributed by atoms with Gasteiger partial charge in [0.1, 0.15) is 17.2 Å². The third kappa shape index (κ3) is 5.91. The Morgan fingerprint density at radius 3 is 2.35 bits per heavy atom. The van der Waals surface area contributed by atoms with Crippen molar-refractivity contribution in [1.29, 1.82) is 0 Å². The predicted octanol–water partition coefficient (Wildman–Crippen LogP) is 2.78. The maximum Gasteiger partial charge on any atom is 0.335 e. The number of methoxy groups -OCH3 is 3. The molecule has 0 bridgehead atoms. The van der Waals surface area contributed by atoms with Crippen molar-refractivity contribution in [2.24, 2.45) is 5.16 Å². The first-order valence-electron chi connectivity index (χ1n) is 7.13. The summed E-state index contributed by atoms with van der Waals surface area (Å²) in [5.41, 5.74) is 0.552. The third-order valence-corrected chi connectivity index (χ3v) is 3.04. The topological polar surface area (TPSA) is 66.4 Å². The molecule has 0 aliphatic rings. The van der Waals surface area contributed by atoms with Crippen molar-refractivity contribution >= 4 is 12.2 Å². The molecule has 6 heteroatoms. The molecule has 0 heterocycles. The van der Waals surface area contributed by atoms with Crippen LogP contribution in [0.25, 0.3) is 0 Å². The van der Waals surface area contributed by atoms with E-state index in [1.807, 2.05) is 0 Å². The molecule has 124 valence electrons. The van der Waals surface area contributed by atoms with Crippen LogP contribution in [0.1, 0.15) is 31.2 Å². The number of carbonyl (C=O) groups is 1. The van der Waals surface area contributed by atoms with Crippen LogP contribution in [0.3, 0.4) is 0 Å². The van der Waals surface area contributed by atoms with Crippen molar-refractivity contribution < 1.29 is 23.8 Å². The third-order valence-electron chi connectivity index (χ3n) is 3.04. The molecule has 0 aliphatic carbocycles. The Bertz CT molecular complexity index is 564. The molecular weight excluding hydrogens is 298 g/mol. The van der Waals surface area contributed by atoms with Crippen LogP contribution in [0.5, 0.6) is 17.2 Å². The van der Waals surface area contributed by atoms with E-state index in [2.05, 4.69) is 11.1 Å². The summed E-state index contributed by atoms with van der Waals surface area (Å²) in [7, 11) is 4.58. The zero-order valence-corrected chi connectivity index (χ0v) is 13.6. The van der Waals surface area contributed by atoms with Gasteiger partial charge in [0.25, 0.3) is 0 Å². The first-order valence-corrected chi connectivity index (χ1v) is 7.13. The second-order valence-electron chi connectivity index (χ2n) is 4.55. The first kappa shape index (κ1) is 18.4. The molecule has 0 saturated carbocycles.